The van der Waals surface area contributed by atoms with E-state index in [1.54, 1.807) is 0 Å². The minimum atomic E-state index is 0. The van der Waals surface area contributed by atoms with Crippen LogP contribution in [0.15, 0.2) is 18.2 Å². The van der Waals surface area contributed by atoms with Crippen molar-refractivity contribution in [2.45, 2.75) is 46.1 Å². The van der Waals surface area contributed by atoms with Crippen LogP contribution >= 0.6 is 12.4 Å². The smallest absolute Gasteiger partial charge is 0.224 e. The Hall–Kier alpha value is -1.06. The lowest BCUT2D eigenvalue weighted by atomic mass is 9.91. The van der Waals surface area contributed by atoms with Gasteiger partial charge in [-0.15, -0.1) is 12.4 Å². The van der Waals surface area contributed by atoms with Crippen LogP contribution in [0.5, 0.6) is 0 Å². The van der Waals surface area contributed by atoms with E-state index in [2.05, 4.69) is 49.6 Å². The van der Waals surface area contributed by atoms with Crippen molar-refractivity contribution < 1.29 is 4.79 Å². The van der Waals surface area contributed by atoms with Crippen LogP contribution < -0.4 is 10.6 Å². The van der Waals surface area contributed by atoms with Gasteiger partial charge in [0.2, 0.25) is 5.91 Å². The number of rotatable bonds is 3. The Balaban J connectivity index is 0.00000176. The molecule has 1 heterocycles. The monoisotopic (exact) mass is 322 g/mol. The first-order valence-corrected chi connectivity index (χ1v) is 8.10. The highest BCUT2D eigenvalue weighted by atomic mass is 35.5. The molecule has 4 heteroatoms. The Kier molecular flexibility index (Phi) is 5.18. The summed E-state index contributed by atoms with van der Waals surface area (Å²) in [6, 6.07) is 6.54. The summed E-state index contributed by atoms with van der Waals surface area (Å²) in [6.45, 7) is 8.45. The van der Waals surface area contributed by atoms with Crippen molar-refractivity contribution in [1.82, 2.24) is 10.6 Å². The predicted molar refractivity (Wildman–Crippen MR) is 92.4 cm³/mol. The topological polar surface area (TPSA) is 41.1 Å². The number of nitrogens with one attached hydrogen (secondary N) is 2. The molecule has 1 aliphatic heterocycles. The van der Waals surface area contributed by atoms with Gasteiger partial charge in [0.05, 0.1) is 6.04 Å². The third-order valence-corrected chi connectivity index (χ3v) is 5.36. The van der Waals surface area contributed by atoms with Crippen LogP contribution in [0.1, 0.15) is 48.9 Å². The van der Waals surface area contributed by atoms with Gasteiger partial charge in [-0.2, -0.15) is 0 Å². The highest BCUT2D eigenvalue weighted by molar-refractivity contribution is 5.85. The SMILES string of the molecule is Cc1ccc(C(C)NC(=O)C2CC23CCNCC3)c(C)c1.Cl. The average Bonchev–Trinajstić information content (AvgIpc) is 3.13. The molecular weight excluding hydrogens is 296 g/mol. The van der Waals surface area contributed by atoms with Crippen LogP contribution in [0.25, 0.3) is 0 Å². The molecule has 3 rings (SSSR count). The predicted octanol–water partition coefficient (Wildman–Crippen LogP) is 3.29. The van der Waals surface area contributed by atoms with Gasteiger partial charge in [-0.1, -0.05) is 23.8 Å². The van der Waals surface area contributed by atoms with Gasteiger partial charge in [-0.25, -0.2) is 0 Å². The van der Waals surface area contributed by atoms with Crippen molar-refractivity contribution in [3.63, 3.8) is 0 Å². The van der Waals surface area contributed by atoms with Crippen molar-refractivity contribution in [2.75, 3.05) is 13.1 Å². The van der Waals surface area contributed by atoms with Gasteiger partial charge >= 0.3 is 0 Å². The lowest BCUT2D eigenvalue weighted by Gasteiger charge is -2.24. The molecule has 1 aliphatic carbocycles. The Bertz CT molecular complexity index is 552. The molecule has 0 aromatic heterocycles. The number of aryl methyl sites for hydroxylation is 2. The van der Waals surface area contributed by atoms with E-state index in [4.69, 9.17) is 0 Å². The fourth-order valence-corrected chi connectivity index (χ4v) is 3.90. The van der Waals surface area contributed by atoms with E-state index < -0.39 is 0 Å². The normalized spacial score (nSPS) is 23.5. The summed E-state index contributed by atoms with van der Waals surface area (Å²) in [5.74, 6) is 0.497. The molecule has 1 saturated carbocycles. The average molecular weight is 323 g/mol. The molecule has 1 spiro atoms. The van der Waals surface area contributed by atoms with Crippen LogP contribution in [0.4, 0.5) is 0 Å². The molecule has 22 heavy (non-hydrogen) atoms. The van der Waals surface area contributed by atoms with E-state index in [1.165, 1.54) is 16.7 Å². The van der Waals surface area contributed by atoms with E-state index in [-0.39, 0.29) is 30.3 Å². The summed E-state index contributed by atoms with van der Waals surface area (Å²) in [4.78, 5) is 12.5. The van der Waals surface area contributed by atoms with Crippen LogP contribution in [0.2, 0.25) is 0 Å². The number of carbonyl (C=O) groups is 1. The van der Waals surface area contributed by atoms with Crippen molar-refractivity contribution in [3.05, 3.63) is 34.9 Å². The minimum absolute atomic E-state index is 0. The standard InChI is InChI=1S/C18H26N2O.ClH/c1-12-4-5-15(13(2)10-12)14(3)20-17(21)16-11-18(16)6-8-19-9-7-18;/h4-5,10,14,16,19H,6-9,11H2,1-3H3,(H,20,21);1H. The second-order valence-electron chi connectivity index (χ2n) is 6.96. The first kappa shape index (κ1) is 17.3. The molecule has 0 bridgehead atoms. The van der Waals surface area contributed by atoms with Crippen LogP contribution in [0.3, 0.4) is 0 Å². The van der Waals surface area contributed by atoms with E-state index >= 15 is 0 Å². The van der Waals surface area contributed by atoms with Crippen LogP contribution in [0, 0.1) is 25.2 Å². The second kappa shape index (κ2) is 6.59. The van der Waals surface area contributed by atoms with Gasteiger partial charge < -0.3 is 10.6 Å². The molecule has 122 valence electrons. The third kappa shape index (κ3) is 3.31. The Morgan fingerprint density at radius 1 is 1.32 bits per heavy atom. The highest BCUT2D eigenvalue weighted by Crippen LogP contribution is 2.58. The maximum absolute atomic E-state index is 12.5. The van der Waals surface area contributed by atoms with Gasteiger partial charge in [0.25, 0.3) is 0 Å². The molecular formula is C18H27ClN2O. The van der Waals surface area contributed by atoms with Crippen molar-refractivity contribution in [1.29, 1.82) is 0 Å². The summed E-state index contributed by atoms with van der Waals surface area (Å²) in [7, 11) is 0. The van der Waals surface area contributed by atoms with Crippen LogP contribution in [-0.2, 0) is 4.79 Å². The highest BCUT2D eigenvalue weighted by Gasteiger charge is 2.57. The molecule has 2 fully saturated rings. The Morgan fingerprint density at radius 3 is 2.64 bits per heavy atom. The van der Waals surface area contributed by atoms with Gasteiger partial charge in [-0.3, -0.25) is 4.79 Å². The maximum atomic E-state index is 12.5. The Morgan fingerprint density at radius 2 is 2.00 bits per heavy atom. The van der Waals surface area contributed by atoms with E-state index in [0.29, 0.717) is 5.41 Å². The fraction of sp³-hybridized carbons (Fsp3) is 0.611. The van der Waals surface area contributed by atoms with Gasteiger partial charge in [0.15, 0.2) is 0 Å². The lowest BCUT2D eigenvalue weighted by molar-refractivity contribution is -0.123. The van der Waals surface area contributed by atoms with E-state index in [0.717, 1.165) is 32.4 Å². The first-order chi connectivity index (χ1) is 10.0. The van der Waals surface area contributed by atoms with Gasteiger partial charge in [0, 0.05) is 5.92 Å². The zero-order chi connectivity index (χ0) is 15.0. The van der Waals surface area contributed by atoms with Crippen molar-refractivity contribution in [2.24, 2.45) is 11.3 Å². The number of carbonyl (C=O) groups excluding carboxylic acids is 1. The van der Waals surface area contributed by atoms with Gasteiger partial charge in [0.1, 0.15) is 0 Å². The summed E-state index contributed by atoms with van der Waals surface area (Å²) in [5.41, 5.74) is 4.08. The maximum Gasteiger partial charge on any atom is 0.224 e. The number of amides is 1. The molecule has 1 amide bonds. The molecule has 1 aromatic rings. The Labute approximate surface area is 139 Å². The first-order valence-electron chi connectivity index (χ1n) is 8.10. The molecule has 2 atom stereocenters. The van der Waals surface area contributed by atoms with Crippen molar-refractivity contribution in [3.8, 4) is 0 Å². The zero-order valence-corrected chi connectivity index (χ0v) is 14.6. The largest absolute Gasteiger partial charge is 0.349 e. The summed E-state index contributed by atoms with van der Waals surface area (Å²) in [5, 5.41) is 6.62. The van der Waals surface area contributed by atoms with Crippen LogP contribution in [-0.4, -0.2) is 19.0 Å². The third-order valence-electron chi connectivity index (χ3n) is 5.36. The molecule has 3 nitrogen and oxygen atoms in total. The number of piperidine rings is 1. The lowest BCUT2D eigenvalue weighted by Crippen LogP contribution is -2.34. The van der Waals surface area contributed by atoms with Gasteiger partial charge in [-0.05, 0) is 69.7 Å². The summed E-state index contributed by atoms with van der Waals surface area (Å²) in [6.07, 6.45) is 3.40. The fourth-order valence-electron chi connectivity index (χ4n) is 3.90. The molecule has 1 saturated heterocycles. The minimum Gasteiger partial charge on any atom is -0.349 e. The zero-order valence-electron chi connectivity index (χ0n) is 13.7. The second-order valence-corrected chi connectivity index (χ2v) is 6.96. The quantitative estimate of drug-likeness (QED) is 0.896. The van der Waals surface area contributed by atoms with E-state index in [1.807, 2.05) is 0 Å². The molecule has 1 aromatic carbocycles. The van der Waals surface area contributed by atoms with E-state index in [9.17, 15) is 4.79 Å². The molecule has 2 aliphatic rings. The summed E-state index contributed by atoms with van der Waals surface area (Å²) < 4.78 is 0. The molecule has 2 unspecified atom stereocenters. The molecule has 2 N–H and O–H groups in total. The number of halogens is 1. The number of hydrogen-bond donors (Lipinski definition) is 2. The number of hydrogen-bond acceptors (Lipinski definition) is 2. The molecule has 0 radical (unpaired) electrons. The summed E-state index contributed by atoms with van der Waals surface area (Å²) >= 11 is 0. The van der Waals surface area contributed by atoms with Crippen molar-refractivity contribution >= 4 is 18.3 Å². The number of benzene rings is 1.